The molecule has 0 aliphatic heterocycles. The fourth-order valence-corrected chi connectivity index (χ4v) is 5.30. The van der Waals surface area contributed by atoms with Crippen LogP contribution in [0.25, 0.3) is 21.6 Å². The molecule has 4 aromatic rings. The smallest absolute Gasteiger partial charge is 0.429 e. The summed E-state index contributed by atoms with van der Waals surface area (Å²) in [6.07, 6.45) is -7.16. The minimum absolute atomic E-state index is 0.181. The Morgan fingerprint density at radius 1 is 0.949 bits per heavy atom. The highest BCUT2D eigenvalue weighted by atomic mass is 32.1. The Hall–Kier alpha value is -4.18. The zero-order valence-electron chi connectivity index (χ0n) is 20.7. The van der Waals surface area contributed by atoms with Gasteiger partial charge in [-0.15, -0.1) is 0 Å². The number of benzene rings is 3. The van der Waals surface area contributed by atoms with E-state index in [1.807, 2.05) is 48.5 Å². The fraction of sp³-hybridized carbons (Fsp3) is 0.207. The third-order valence-electron chi connectivity index (χ3n) is 6.79. The van der Waals surface area contributed by atoms with E-state index in [0.29, 0.717) is 23.4 Å². The summed E-state index contributed by atoms with van der Waals surface area (Å²) in [5.41, 5.74) is 3.09. The Labute approximate surface area is 226 Å². The van der Waals surface area contributed by atoms with Crippen LogP contribution < -0.4 is 5.32 Å². The summed E-state index contributed by atoms with van der Waals surface area (Å²) in [4.78, 5) is 24.7. The SMILES string of the molecule is Cc1nsc(-c2ccc(-c3ccc(C4(C(=O)O)CC4)cc3)cc2)c1NC(=O)OC(c1ccccc1)C(F)(F)F. The van der Waals surface area contributed by atoms with E-state index in [-0.39, 0.29) is 11.3 Å². The molecule has 1 amide bonds. The van der Waals surface area contributed by atoms with Crippen LogP contribution in [0.4, 0.5) is 23.7 Å². The highest BCUT2D eigenvalue weighted by molar-refractivity contribution is 7.10. The largest absolute Gasteiger partial charge is 0.481 e. The van der Waals surface area contributed by atoms with E-state index in [9.17, 15) is 27.9 Å². The number of carbonyl (C=O) groups is 2. The number of nitrogens with zero attached hydrogens (tertiary/aromatic N) is 1. The van der Waals surface area contributed by atoms with Crippen molar-refractivity contribution in [3.63, 3.8) is 0 Å². The molecule has 0 spiro atoms. The lowest BCUT2D eigenvalue weighted by Gasteiger charge is -2.21. The molecule has 3 aromatic carbocycles. The monoisotopic (exact) mass is 552 g/mol. The number of hydrogen-bond acceptors (Lipinski definition) is 5. The van der Waals surface area contributed by atoms with Crippen molar-refractivity contribution in [1.82, 2.24) is 4.37 Å². The van der Waals surface area contributed by atoms with Gasteiger partial charge in [0.1, 0.15) is 0 Å². The van der Waals surface area contributed by atoms with Crippen LogP contribution in [0.15, 0.2) is 78.9 Å². The summed E-state index contributed by atoms with van der Waals surface area (Å²) in [6.45, 7) is 1.65. The Kier molecular flexibility index (Phi) is 6.90. The number of anilines is 1. The van der Waals surface area contributed by atoms with E-state index in [1.165, 1.54) is 24.3 Å². The van der Waals surface area contributed by atoms with E-state index in [0.717, 1.165) is 33.8 Å². The standard InChI is InChI=1S/C29H23F3N2O4S/c1-17-23(33-27(37)38-25(29(30,31)32)21-5-3-2-4-6-21)24(39-34-17)20-9-7-18(8-10-20)19-11-13-22(14-12-19)28(15-16-28)26(35)36/h2-14,25H,15-16H2,1H3,(H,33,37)(H,35,36). The van der Waals surface area contributed by atoms with Gasteiger partial charge in [0, 0.05) is 5.56 Å². The molecule has 1 fully saturated rings. The average molecular weight is 553 g/mol. The van der Waals surface area contributed by atoms with Gasteiger partial charge in [-0.1, -0.05) is 78.9 Å². The Morgan fingerprint density at radius 3 is 2.05 bits per heavy atom. The molecule has 1 heterocycles. The molecule has 1 atom stereocenters. The average Bonchev–Trinajstić information content (AvgIpc) is 3.67. The summed E-state index contributed by atoms with van der Waals surface area (Å²) in [5.74, 6) is -0.804. The Bertz CT molecular complexity index is 1500. The number of amides is 1. The molecule has 0 saturated heterocycles. The van der Waals surface area contributed by atoms with E-state index in [4.69, 9.17) is 4.74 Å². The summed E-state index contributed by atoms with van der Waals surface area (Å²) in [7, 11) is 0. The lowest BCUT2D eigenvalue weighted by atomic mass is 9.93. The number of ether oxygens (including phenoxy) is 1. The first kappa shape index (κ1) is 26.4. The molecule has 0 radical (unpaired) electrons. The van der Waals surface area contributed by atoms with Crippen molar-refractivity contribution in [3.05, 3.63) is 95.7 Å². The molecular formula is C29H23F3N2O4S. The number of carbonyl (C=O) groups excluding carboxylic acids is 1. The molecule has 0 bridgehead atoms. The summed E-state index contributed by atoms with van der Waals surface area (Å²) < 4.78 is 50.0. The topological polar surface area (TPSA) is 88.5 Å². The van der Waals surface area contributed by atoms with Gasteiger partial charge in [0.05, 0.1) is 21.7 Å². The van der Waals surface area contributed by atoms with E-state index >= 15 is 0 Å². The van der Waals surface area contributed by atoms with Crippen molar-refractivity contribution in [3.8, 4) is 21.6 Å². The van der Waals surface area contributed by atoms with Gasteiger partial charge >= 0.3 is 18.2 Å². The van der Waals surface area contributed by atoms with Crippen molar-refractivity contribution in [2.24, 2.45) is 0 Å². The molecule has 1 saturated carbocycles. The Balaban J connectivity index is 1.33. The lowest BCUT2D eigenvalue weighted by Crippen LogP contribution is -2.28. The van der Waals surface area contributed by atoms with Gasteiger partial charge in [-0.05, 0) is 53.6 Å². The summed E-state index contributed by atoms with van der Waals surface area (Å²) in [5, 5.41) is 12.0. The molecular weight excluding hydrogens is 529 g/mol. The molecule has 200 valence electrons. The van der Waals surface area contributed by atoms with E-state index in [2.05, 4.69) is 9.69 Å². The van der Waals surface area contributed by atoms with Crippen LogP contribution in [0.3, 0.4) is 0 Å². The number of hydrogen-bond donors (Lipinski definition) is 2. The molecule has 5 rings (SSSR count). The molecule has 1 unspecified atom stereocenters. The second-order valence-corrected chi connectivity index (χ2v) is 10.2. The van der Waals surface area contributed by atoms with Crippen LogP contribution in [0, 0.1) is 6.92 Å². The number of alkyl halides is 3. The fourth-order valence-electron chi connectivity index (χ4n) is 4.45. The zero-order valence-corrected chi connectivity index (χ0v) is 21.5. The third kappa shape index (κ3) is 5.37. The zero-order chi connectivity index (χ0) is 27.8. The molecule has 1 aliphatic rings. The molecule has 6 nitrogen and oxygen atoms in total. The normalized spacial score (nSPS) is 14.9. The maximum absolute atomic E-state index is 13.6. The third-order valence-corrected chi connectivity index (χ3v) is 7.78. The van der Waals surface area contributed by atoms with Crippen LogP contribution in [-0.4, -0.2) is 27.7 Å². The highest BCUT2D eigenvalue weighted by Crippen LogP contribution is 2.48. The van der Waals surface area contributed by atoms with E-state index < -0.39 is 29.8 Å². The second-order valence-electron chi connectivity index (χ2n) is 9.38. The van der Waals surface area contributed by atoms with Crippen molar-refractivity contribution < 1.29 is 32.6 Å². The quantitative estimate of drug-likeness (QED) is 0.245. The first-order valence-corrected chi connectivity index (χ1v) is 12.9. The van der Waals surface area contributed by atoms with Crippen molar-refractivity contribution in [2.75, 3.05) is 5.32 Å². The highest BCUT2D eigenvalue weighted by Gasteiger charge is 2.51. The number of aryl methyl sites for hydroxylation is 1. The van der Waals surface area contributed by atoms with Gasteiger partial charge in [-0.3, -0.25) is 10.1 Å². The van der Waals surface area contributed by atoms with E-state index in [1.54, 1.807) is 13.0 Å². The number of carboxylic acid groups (broad SMARTS) is 1. The molecule has 39 heavy (non-hydrogen) atoms. The van der Waals surface area contributed by atoms with Gasteiger partial charge < -0.3 is 9.84 Å². The molecule has 10 heteroatoms. The predicted molar refractivity (Wildman–Crippen MR) is 142 cm³/mol. The number of rotatable bonds is 7. The van der Waals surface area contributed by atoms with Crippen molar-refractivity contribution in [2.45, 2.75) is 37.5 Å². The number of halogens is 3. The lowest BCUT2D eigenvalue weighted by molar-refractivity contribution is -0.205. The molecule has 2 N–H and O–H groups in total. The van der Waals surface area contributed by atoms with Gasteiger partial charge in [0.25, 0.3) is 0 Å². The first-order valence-electron chi connectivity index (χ1n) is 12.1. The van der Waals surface area contributed by atoms with Gasteiger partial charge in [0.15, 0.2) is 0 Å². The Morgan fingerprint density at radius 2 is 1.51 bits per heavy atom. The van der Waals surface area contributed by atoms with Gasteiger partial charge in [-0.25, -0.2) is 4.79 Å². The number of aliphatic carboxylic acids is 1. The maximum Gasteiger partial charge on any atom is 0.429 e. The molecule has 1 aliphatic carbocycles. The van der Waals surface area contributed by atoms with Crippen LogP contribution in [0.2, 0.25) is 0 Å². The predicted octanol–water partition coefficient (Wildman–Crippen LogP) is 7.75. The first-order chi connectivity index (χ1) is 18.6. The van der Waals surface area contributed by atoms with Crippen LogP contribution in [0.5, 0.6) is 0 Å². The van der Waals surface area contributed by atoms with Crippen LogP contribution in [0.1, 0.15) is 35.8 Å². The number of aromatic nitrogens is 1. The summed E-state index contributed by atoms with van der Waals surface area (Å²) in [6, 6.07) is 21.8. The summed E-state index contributed by atoms with van der Waals surface area (Å²) >= 11 is 1.11. The van der Waals surface area contributed by atoms with Crippen molar-refractivity contribution in [1.29, 1.82) is 0 Å². The maximum atomic E-state index is 13.6. The van der Waals surface area contributed by atoms with Crippen LogP contribution >= 0.6 is 11.5 Å². The van der Waals surface area contributed by atoms with Gasteiger partial charge in [0.2, 0.25) is 6.10 Å². The number of nitrogens with one attached hydrogen (secondary N) is 1. The minimum atomic E-state index is -4.79. The minimum Gasteiger partial charge on any atom is -0.481 e. The van der Waals surface area contributed by atoms with Crippen molar-refractivity contribution >= 4 is 29.3 Å². The second kappa shape index (κ2) is 10.2. The van der Waals surface area contributed by atoms with Crippen LogP contribution in [-0.2, 0) is 14.9 Å². The molecule has 1 aromatic heterocycles. The number of carboxylic acids is 1. The van der Waals surface area contributed by atoms with Gasteiger partial charge in [-0.2, -0.15) is 17.5 Å².